The summed E-state index contributed by atoms with van der Waals surface area (Å²) in [5, 5.41) is 7.80. The second-order valence-corrected chi connectivity index (χ2v) is 9.24. The first-order valence-corrected chi connectivity index (χ1v) is 11.7. The lowest BCUT2D eigenvalue weighted by molar-refractivity contribution is -0.128. The summed E-state index contributed by atoms with van der Waals surface area (Å²) in [7, 11) is 0. The molecule has 1 aromatic rings. The highest BCUT2D eigenvalue weighted by Crippen LogP contribution is 2.29. The molecule has 1 amide bonds. The third kappa shape index (κ3) is 7.66. The summed E-state index contributed by atoms with van der Waals surface area (Å²) < 4.78 is 0. The molecule has 162 valence electrons. The highest BCUT2D eigenvalue weighted by Gasteiger charge is 2.25. The van der Waals surface area contributed by atoms with E-state index in [1.165, 1.54) is 36.1 Å². The van der Waals surface area contributed by atoms with Gasteiger partial charge in [0.1, 0.15) is 0 Å². The van der Waals surface area contributed by atoms with E-state index in [1.807, 2.05) is 4.90 Å². The molecule has 2 fully saturated rings. The molecule has 1 saturated carbocycles. The number of hydrogen-bond donors (Lipinski definition) is 2. The van der Waals surface area contributed by atoms with Crippen LogP contribution in [0, 0.1) is 0 Å². The lowest BCUT2D eigenvalue weighted by atomic mass is 10.1. The van der Waals surface area contributed by atoms with E-state index in [4.69, 9.17) is 4.99 Å². The minimum Gasteiger partial charge on any atom is -0.357 e. The number of nitrogens with zero attached hydrogens (tertiary/aromatic N) is 2. The number of likely N-dealkylation sites (tertiary alicyclic amines) is 1. The lowest BCUT2D eigenvalue weighted by Crippen LogP contribution is -2.42. The van der Waals surface area contributed by atoms with Crippen LogP contribution in [0.1, 0.15) is 57.1 Å². The normalized spacial score (nSPS) is 21.9. The maximum Gasteiger partial charge on any atom is 0.222 e. The van der Waals surface area contributed by atoms with Crippen LogP contribution in [0.15, 0.2) is 29.3 Å². The fourth-order valence-electron chi connectivity index (χ4n) is 4.06. The molecule has 0 aromatic heterocycles. The molecule has 2 N–H and O–H groups in total. The molecule has 5 nitrogen and oxygen atoms in total. The molecule has 0 spiro atoms. The van der Waals surface area contributed by atoms with Crippen LogP contribution >= 0.6 is 35.7 Å². The van der Waals surface area contributed by atoms with Gasteiger partial charge in [0.25, 0.3) is 0 Å². The van der Waals surface area contributed by atoms with Gasteiger partial charge in [-0.25, -0.2) is 4.99 Å². The number of thioether (sulfide) groups is 1. The van der Waals surface area contributed by atoms with Crippen molar-refractivity contribution in [3.63, 3.8) is 0 Å². The van der Waals surface area contributed by atoms with Crippen LogP contribution in [0.3, 0.4) is 0 Å². The zero-order valence-electron chi connectivity index (χ0n) is 17.7. The fraction of sp³-hybridized carbons (Fsp3) is 0.636. The number of nitrogens with one attached hydrogen (secondary N) is 2. The number of halogens is 1. The Labute approximate surface area is 196 Å². The minimum atomic E-state index is 0. The van der Waals surface area contributed by atoms with Crippen LogP contribution < -0.4 is 10.6 Å². The SMILES string of the molecule is CCNC(=NCc1cccc(CN2CCCC2=O)c1)NC1CCC(SCC)C1.I. The van der Waals surface area contributed by atoms with Crippen molar-refractivity contribution in [1.82, 2.24) is 15.5 Å². The van der Waals surface area contributed by atoms with Crippen LogP contribution in [0.25, 0.3) is 0 Å². The van der Waals surface area contributed by atoms with Gasteiger partial charge < -0.3 is 15.5 Å². The first kappa shape index (κ1) is 24.3. The quantitative estimate of drug-likeness (QED) is 0.301. The van der Waals surface area contributed by atoms with E-state index in [9.17, 15) is 4.79 Å². The van der Waals surface area contributed by atoms with E-state index in [-0.39, 0.29) is 29.9 Å². The second kappa shape index (κ2) is 12.7. The number of hydrogen-bond acceptors (Lipinski definition) is 3. The van der Waals surface area contributed by atoms with Crippen molar-refractivity contribution in [2.45, 2.75) is 70.3 Å². The second-order valence-electron chi connectivity index (χ2n) is 7.67. The predicted molar refractivity (Wildman–Crippen MR) is 134 cm³/mol. The highest BCUT2D eigenvalue weighted by molar-refractivity contribution is 14.0. The summed E-state index contributed by atoms with van der Waals surface area (Å²) in [6, 6.07) is 9.00. The minimum absolute atomic E-state index is 0. The van der Waals surface area contributed by atoms with Crippen LogP contribution in [0.2, 0.25) is 0 Å². The monoisotopic (exact) mass is 530 g/mol. The van der Waals surface area contributed by atoms with Crippen molar-refractivity contribution in [2.24, 2.45) is 4.99 Å². The number of guanidine groups is 1. The maximum atomic E-state index is 11.9. The van der Waals surface area contributed by atoms with E-state index < -0.39 is 0 Å². The van der Waals surface area contributed by atoms with Gasteiger partial charge in [0.2, 0.25) is 5.91 Å². The molecular weight excluding hydrogens is 495 g/mol. The van der Waals surface area contributed by atoms with Gasteiger partial charge in [0, 0.05) is 37.3 Å². The molecule has 2 unspecified atom stereocenters. The van der Waals surface area contributed by atoms with Crippen LogP contribution in [-0.4, -0.2) is 46.9 Å². The zero-order valence-corrected chi connectivity index (χ0v) is 20.8. The van der Waals surface area contributed by atoms with Gasteiger partial charge in [-0.05, 0) is 49.5 Å². The molecule has 3 rings (SSSR count). The van der Waals surface area contributed by atoms with E-state index >= 15 is 0 Å². The molecule has 1 aromatic carbocycles. The Bertz CT molecular complexity index is 685. The summed E-state index contributed by atoms with van der Waals surface area (Å²) in [6.45, 7) is 7.46. The van der Waals surface area contributed by atoms with Crippen molar-refractivity contribution in [2.75, 3.05) is 18.8 Å². The third-order valence-electron chi connectivity index (χ3n) is 5.43. The van der Waals surface area contributed by atoms with Crippen molar-refractivity contribution in [3.05, 3.63) is 35.4 Å². The van der Waals surface area contributed by atoms with E-state index in [0.717, 1.165) is 30.7 Å². The molecule has 1 aliphatic carbocycles. The number of rotatable bonds is 8. The number of aliphatic imine (C=N–C) groups is 1. The number of carbonyl (C=O) groups excluding carboxylic acids is 1. The van der Waals surface area contributed by atoms with Crippen LogP contribution in [-0.2, 0) is 17.9 Å². The van der Waals surface area contributed by atoms with Crippen molar-refractivity contribution in [3.8, 4) is 0 Å². The smallest absolute Gasteiger partial charge is 0.222 e. The molecule has 2 atom stereocenters. The Morgan fingerprint density at radius 2 is 2.10 bits per heavy atom. The summed E-state index contributed by atoms with van der Waals surface area (Å²) in [5.41, 5.74) is 2.38. The molecule has 1 saturated heterocycles. The first-order chi connectivity index (χ1) is 13.7. The van der Waals surface area contributed by atoms with Crippen molar-refractivity contribution < 1.29 is 4.79 Å². The van der Waals surface area contributed by atoms with Gasteiger partial charge in [-0.3, -0.25) is 4.79 Å². The fourth-order valence-corrected chi connectivity index (χ4v) is 5.20. The Hall–Kier alpha value is -0.960. The predicted octanol–water partition coefficient (Wildman–Crippen LogP) is 4.16. The molecule has 1 heterocycles. The van der Waals surface area contributed by atoms with Gasteiger partial charge in [-0.2, -0.15) is 11.8 Å². The maximum absolute atomic E-state index is 11.9. The topological polar surface area (TPSA) is 56.7 Å². The third-order valence-corrected chi connectivity index (χ3v) is 6.66. The molecule has 2 aliphatic rings. The van der Waals surface area contributed by atoms with Crippen LogP contribution in [0.5, 0.6) is 0 Å². The summed E-state index contributed by atoms with van der Waals surface area (Å²) in [4.78, 5) is 18.6. The van der Waals surface area contributed by atoms with Crippen molar-refractivity contribution >= 4 is 47.6 Å². The van der Waals surface area contributed by atoms with E-state index in [1.54, 1.807) is 0 Å². The Morgan fingerprint density at radius 1 is 1.28 bits per heavy atom. The summed E-state index contributed by atoms with van der Waals surface area (Å²) >= 11 is 2.08. The zero-order chi connectivity index (χ0) is 19.8. The summed E-state index contributed by atoms with van der Waals surface area (Å²) in [5.74, 6) is 2.39. The van der Waals surface area contributed by atoms with Gasteiger partial charge in [0.15, 0.2) is 5.96 Å². The average molecular weight is 531 g/mol. The van der Waals surface area contributed by atoms with E-state index in [0.29, 0.717) is 25.6 Å². The Kier molecular flexibility index (Phi) is 10.6. The van der Waals surface area contributed by atoms with E-state index in [2.05, 4.69) is 60.5 Å². The van der Waals surface area contributed by atoms with Gasteiger partial charge in [-0.1, -0.05) is 31.2 Å². The molecule has 29 heavy (non-hydrogen) atoms. The largest absolute Gasteiger partial charge is 0.357 e. The lowest BCUT2D eigenvalue weighted by Gasteiger charge is -2.18. The Morgan fingerprint density at radius 3 is 2.83 bits per heavy atom. The number of amides is 1. The first-order valence-electron chi connectivity index (χ1n) is 10.7. The molecule has 1 aliphatic heterocycles. The van der Waals surface area contributed by atoms with Gasteiger partial charge >= 0.3 is 0 Å². The van der Waals surface area contributed by atoms with Crippen molar-refractivity contribution in [1.29, 1.82) is 0 Å². The molecule has 7 heteroatoms. The molecule has 0 bridgehead atoms. The van der Waals surface area contributed by atoms with Crippen LogP contribution in [0.4, 0.5) is 0 Å². The summed E-state index contributed by atoms with van der Waals surface area (Å²) in [6.07, 6.45) is 5.43. The standard InChI is InChI=1S/C22H34N4OS.HI/c1-3-23-22(25-19-10-11-20(14-19)28-4-2)24-15-17-7-5-8-18(13-17)16-26-12-6-9-21(26)27;/h5,7-8,13,19-20H,3-4,6,9-12,14-16H2,1-2H3,(H2,23,24,25);1H. The number of carbonyl (C=O) groups is 1. The molecular formula is C22H35IN4OS. The Balaban J connectivity index is 0.00000300. The average Bonchev–Trinajstić information content (AvgIpc) is 3.30. The molecule has 0 radical (unpaired) electrons. The van der Waals surface area contributed by atoms with Gasteiger partial charge in [-0.15, -0.1) is 24.0 Å². The van der Waals surface area contributed by atoms with Gasteiger partial charge in [0.05, 0.1) is 6.54 Å². The number of benzene rings is 1. The highest BCUT2D eigenvalue weighted by atomic mass is 127.